The number of nitrogens with two attached hydrogens (primary N) is 1. The van der Waals surface area contributed by atoms with Crippen LogP contribution in [0, 0.1) is 0 Å². The fourth-order valence-electron chi connectivity index (χ4n) is 1.99. The largest absolute Gasteiger partial charge is 0.409 e. The van der Waals surface area contributed by atoms with Crippen molar-refractivity contribution >= 4 is 11.7 Å². The van der Waals surface area contributed by atoms with Gasteiger partial charge in [0.2, 0.25) is 5.91 Å². The minimum absolute atomic E-state index is 0.0265. The fourth-order valence-corrected chi connectivity index (χ4v) is 1.99. The summed E-state index contributed by atoms with van der Waals surface area (Å²) < 4.78 is 0. The van der Waals surface area contributed by atoms with Gasteiger partial charge in [0.15, 0.2) is 5.84 Å². The molecule has 0 rings (SSSR count). The van der Waals surface area contributed by atoms with Gasteiger partial charge in [0.1, 0.15) is 5.54 Å². The number of hydrogen-bond donors (Lipinski definition) is 3. The molecule has 0 saturated carbocycles. The van der Waals surface area contributed by atoms with Gasteiger partial charge in [0.25, 0.3) is 0 Å². The molecule has 0 spiro atoms. The number of nitrogens with one attached hydrogen (secondary N) is 1. The maximum atomic E-state index is 11.9. The second-order valence-corrected chi connectivity index (χ2v) is 4.63. The Hall–Kier alpha value is -1.26. The van der Waals surface area contributed by atoms with E-state index in [1.54, 1.807) is 0 Å². The summed E-state index contributed by atoms with van der Waals surface area (Å²) >= 11 is 0. The SMILES string of the molecule is CCCCCCC(=O)NC(CC)(CC)C(N)=NO. The van der Waals surface area contributed by atoms with Crippen molar-refractivity contribution in [1.29, 1.82) is 0 Å². The normalized spacial score (nSPS) is 12.5. The lowest BCUT2D eigenvalue weighted by atomic mass is 9.91. The zero-order valence-corrected chi connectivity index (χ0v) is 11.8. The first kappa shape index (κ1) is 16.7. The maximum Gasteiger partial charge on any atom is 0.220 e. The molecule has 0 aromatic carbocycles. The highest BCUT2D eigenvalue weighted by atomic mass is 16.4. The van der Waals surface area contributed by atoms with Crippen LogP contribution in [0.2, 0.25) is 0 Å². The number of hydrogen-bond acceptors (Lipinski definition) is 3. The van der Waals surface area contributed by atoms with Crippen molar-refractivity contribution in [3.63, 3.8) is 0 Å². The van der Waals surface area contributed by atoms with E-state index >= 15 is 0 Å². The van der Waals surface area contributed by atoms with E-state index in [-0.39, 0.29) is 11.7 Å². The maximum absolute atomic E-state index is 11.9. The topological polar surface area (TPSA) is 87.7 Å². The van der Waals surface area contributed by atoms with Crippen molar-refractivity contribution < 1.29 is 10.0 Å². The number of nitrogens with zero attached hydrogens (tertiary/aromatic N) is 1. The van der Waals surface area contributed by atoms with Gasteiger partial charge in [-0.3, -0.25) is 4.79 Å². The predicted molar refractivity (Wildman–Crippen MR) is 73.6 cm³/mol. The van der Waals surface area contributed by atoms with E-state index in [1.165, 1.54) is 0 Å². The number of rotatable bonds is 9. The highest BCUT2D eigenvalue weighted by molar-refractivity contribution is 5.93. The third-order valence-corrected chi connectivity index (χ3v) is 3.44. The molecular formula is C13H27N3O2. The Morgan fingerprint density at radius 2 is 1.83 bits per heavy atom. The second kappa shape index (κ2) is 8.78. The summed E-state index contributed by atoms with van der Waals surface area (Å²) in [5, 5.41) is 14.8. The first-order valence-electron chi connectivity index (χ1n) is 6.85. The van der Waals surface area contributed by atoms with Gasteiger partial charge in [-0.15, -0.1) is 0 Å². The zero-order chi connectivity index (χ0) is 14.0. The summed E-state index contributed by atoms with van der Waals surface area (Å²) in [6.07, 6.45) is 5.98. The van der Waals surface area contributed by atoms with Crippen LogP contribution in [0.15, 0.2) is 5.16 Å². The van der Waals surface area contributed by atoms with Crippen LogP contribution in [0.5, 0.6) is 0 Å². The number of carbonyl (C=O) groups excluding carboxylic acids is 1. The lowest BCUT2D eigenvalue weighted by Crippen LogP contribution is -2.56. The molecule has 1 amide bonds. The molecule has 0 aromatic rings. The summed E-state index contributed by atoms with van der Waals surface area (Å²) in [5.74, 6) is 0.0517. The van der Waals surface area contributed by atoms with Crippen LogP contribution < -0.4 is 11.1 Å². The molecule has 5 nitrogen and oxygen atoms in total. The minimum Gasteiger partial charge on any atom is -0.409 e. The molecule has 0 heterocycles. The number of amidine groups is 1. The Morgan fingerprint density at radius 3 is 2.28 bits per heavy atom. The third-order valence-electron chi connectivity index (χ3n) is 3.44. The van der Waals surface area contributed by atoms with Gasteiger partial charge in [-0.25, -0.2) is 0 Å². The smallest absolute Gasteiger partial charge is 0.220 e. The zero-order valence-electron chi connectivity index (χ0n) is 11.8. The van der Waals surface area contributed by atoms with Crippen molar-refractivity contribution in [2.45, 2.75) is 71.3 Å². The van der Waals surface area contributed by atoms with E-state index in [2.05, 4.69) is 17.4 Å². The molecule has 4 N–H and O–H groups in total. The summed E-state index contributed by atoms with van der Waals surface area (Å²) in [6.45, 7) is 5.97. The van der Waals surface area contributed by atoms with Crippen LogP contribution in [0.3, 0.4) is 0 Å². The molecule has 5 heteroatoms. The van der Waals surface area contributed by atoms with Crippen molar-refractivity contribution in [1.82, 2.24) is 5.32 Å². The van der Waals surface area contributed by atoms with E-state index in [1.807, 2.05) is 13.8 Å². The van der Waals surface area contributed by atoms with Crippen LogP contribution >= 0.6 is 0 Å². The van der Waals surface area contributed by atoms with Gasteiger partial charge >= 0.3 is 0 Å². The first-order valence-corrected chi connectivity index (χ1v) is 6.85. The van der Waals surface area contributed by atoms with E-state index < -0.39 is 5.54 Å². The monoisotopic (exact) mass is 257 g/mol. The number of amides is 1. The number of unbranched alkanes of at least 4 members (excludes halogenated alkanes) is 3. The third kappa shape index (κ3) is 4.94. The Kier molecular flexibility index (Phi) is 8.16. The quantitative estimate of drug-likeness (QED) is 0.195. The van der Waals surface area contributed by atoms with Gasteiger partial charge in [-0.05, 0) is 19.3 Å². The molecule has 0 aliphatic rings. The summed E-state index contributed by atoms with van der Waals surface area (Å²) in [6, 6.07) is 0. The van der Waals surface area contributed by atoms with Crippen LogP contribution in [-0.2, 0) is 4.79 Å². The average molecular weight is 257 g/mol. The van der Waals surface area contributed by atoms with Gasteiger partial charge in [-0.2, -0.15) is 0 Å². The van der Waals surface area contributed by atoms with Crippen molar-refractivity contribution in [2.24, 2.45) is 10.9 Å². The lowest BCUT2D eigenvalue weighted by molar-refractivity contribution is -0.122. The van der Waals surface area contributed by atoms with E-state index in [0.717, 1.165) is 25.7 Å². The molecule has 0 aliphatic heterocycles. The highest BCUT2D eigenvalue weighted by Gasteiger charge is 2.32. The lowest BCUT2D eigenvalue weighted by Gasteiger charge is -2.31. The van der Waals surface area contributed by atoms with Crippen LogP contribution in [0.4, 0.5) is 0 Å². The van der Waals surface area contributed by atoms with E-state index in [4.69, 9.17) is 10.9 Å². The van der Waals surface area contributed by atoms with Crippen molar-refractivity contribution in [3.05, 3.63) is 0 Å². The second-order valence-electron chi connectivity index (χ2n) is 4.63. The molecule has 0 saturated heterocycles. The molecular weight excluding hydrogens is 230 g/mol. The molecule has 18 heavy (non-hydrogen) atoms. The number of oxime groups is 1. The Bertz CT molecular complexity index is 273. The summed E-state index contributed by atoms with van der Waals surface area (Å²) in [4.78, 5) is 11.9. The Balaban J connectivity index is 4.37. The first-order chi connectivity index (χ1) is 8.56. The van der Waals surface area contributed by atoms with Crippen molar-refractivity contribution in [3.8, 4) is 0 Å². The fraction of sp³-hybridized carbons (Fsp3) is 0.846. The minimum atomic E-state index is -0.712. The molecule has 0 unspecified atom stereocenters. The molecule has 0 aliphatic carbocycles. The standard InChI is InChI=1S/C13H27N3O2/c1-4-7-8-9-10-11(17)15-13(5-2,6-3)12(14)16-18/h18H,4-10H2,1-3H3,(H2,14,16)(H,15,17). The summed E-state index contributed by atoms with van der Waals surface area (Å²) in [7, 11) is 0. The Morgan fingerprint density at radius 1 is 1.22 bits per heavy atom. The van der Waals surface area contributed by atoms with Gasteiger partial charge in [-0.1, -0.05) is 45.2 Å². The van der Waals surface area contributed by atoms with Gasteiger partial charge in [0.05, 0.1) is 0 Å². The average Bonchev–Trinajstić information content (AvgIpc) is 2.40. The highest BCUT2D eigenvalue weighted by Crippen LogP contribution is 2.16. The van der Waals surface area contributed by atoms with Crippen LogP contribution in [-0.4, -0.2) is 22.5 Å². The molecule has 0 atom stereocenters. The van der Waals surface area contributed by atoms with Crippen LogP contribution in [0.1, 0.15) is 65.7 Å². The van der Waals surface area contributed by atoms with Crippen molar-refractivity contribution in [2.75, 3.05) is 0 Å². The molecule has 106 valence electrons. The van der Waals surface area contributed by atoms with Gasteiger partial charge < -0.3 is 16.3 Å². The van der Waals surface area contributed by atoms with E-state index in [0.29, 0.717) is 19.3 Å². The van der Waals surface area contributed by atoms with Crippen LogP contribution in [0.25, 0.3) is 0 Å². The molecule has 0 bridgehead atoms. The van der Waals surface area contributed by atoms with Gasteiger partial charge in [0, 0.05) is 6.42 Å². The van der Waals surface area contributed by atoms with E-state index in [9.17, 15) is 4.79 Å². The molecule has 0 radical (unpaired) electrons. The Labute approximate surface area is 110 Å². The summed E-state index contributed by atoms with van der Waals surface area (Å²) in [5.41, 5.74) is 4.97. The molecule has 0 aromatic heterocycles. The number of carbonyl (C=O) groups is 1. The molecule has 0 fully saturated rings. The predicted octanol–water partition coefficient (Wildman–Crippen LogP) is 2.38.